The average Bonchev–Trinajstić information content (AvgIpc) is 2.68. The third-order valence-corrected chi connectivity index (χ3v) is 4.67. The normalized spacial score (nSPS) is 11.9. The number of benzene rings is 2. The average molecular weight is 388 g/mol. The van der Waals surface area contributed by atoms with E-state index >= 15 is 0 Å². The summed E-state index contributed by atoms with van der Waals surface area (Å²) in [5.41, 5.74) is 7.59. The van der Waals surface area contributed by atoms with Gasteiger partial charge in [0.15, 0.2) is 5.17 Å². The minimum absolute atomic E-state index is 0.342. The molecule has 0 spiro atoms. The van der Waals surface area contributed by atoms with E-state index in [1.807, 2.05) is 30.3 Å². The van der Waals surface area contributed by atoms with E-state index in [4.69, 9.17) is 10.5 Å². The number of hydrogen-bond acceptors (Lipinski definition) is 4. The highest BCUT2D eigenvalue weighted by Crippen LogP contribution is 2.19. The number of unbranched alkanes of at least 4 members (excludes halogenated alkanes) is 3. The molecule has 0 heterocycles. The van der Waals surface area contributed by atoms with Crippen LogP contribution in [0.5, 0.6) is 5.75 Å². The van der Waals surface area contributed by atoms with Gasteiger partial charge in [0.05, 0.1) is 12.8 Å². The molecular formula is C21H26FN3OS. The van der Waals surface area contributed by atoms with E-state index in [2.05, 4.69) is 17.1 Å². The van der Waals surface area contributed by atoms with E-state index in [1.165, 1.54) is 43.0 Å². The molecule has 0 saturated carbocycles. The molecule has 0 bridgehead atoms. The van der Waals surface area contributed by atoms with Gasteiger partial charge in [-0.1, -0.05) is 68.3 Å². The van der Waals surface area contributed by atoms with Gasteiger partial charge in [-0.3, -0.25) is 0 Å². The van der Waals surface area contributed by atoms with Gasteiger partial charge in [-0.25, -0.2) is 4.39 Å². The molecule has 2 aromatic carbocycles. The van der Waals surface area contributed by atoms with Crippen LogP contribution in [0, 0.1) is 5.82 Å². The van der Waals surface area contributed by atoms with Crippen molar-refractivity contribution in [1.82, 2.24) is 0 Å². The fourth-order valence-corrected chi connectivity index (χ4v) is 2.98. The van der Waals surface area contributed by atoms with Crippen molar-refractivity contribution >= 4 is 23.1 Å². The zero-order valence-electron chi connectivity index (χ0n) is 15.6. The van der Waals surface area contributed by atoms with Crippen LogP contribution in [0.25, 0.3) is 0 Å². The first kappa shape index (κ1) is 21.0. The van der Waals surface area contributed by atoms with Gasteiger partial charge in [0.25, 0.3) is 0 Å². The minimum Gasteiger partial charge on any atom is -0.493 e. The molecule has 0 aliphatic heterocycles. The van der Waals surface area contributed by atoms with Crippen molar-refractivity contribution in [3.63, 3.8) is 0 Å². The zero-order chi connectivity index (χ0) is 19.3. The molecule has 0 unspecified atom stereocenters. The number of amidine groups is 1. The second kappa shape index (κ2) is 12.1. The lowest BCUT2D eigenvalue weighted by Crippen LogP contribution is -2.06. The van der Waals surface area contributed by atoms with Crippen LogP contribution in [-0.2, 0) is 5.75 Å². The molecule has 0 radical (unpaired) electrons. The van der Waals surface area contributed by atoms with Crippen LogP contribution >= 0.6 is 11.8 Å². The van der Waals surface area contributed by atoms with Gasteiger partial charge in [0, 0.05) is 11.3 Å². The zero-order valence-corrected chi connectivity index (χ0v) is 16.4. The number of thioether (sulfide) groups is 1. The van der Waals surface area contributed by atoms with Gasteiger partial charge >= 0.3 is 0 Å². The first-order valence-electron chi connectivity index (χ1n) is 9.14. The molecule has 0 aliphatic rings. The first-order chi connectivity index (χ1) is 13.2. The summed E-state index contributed by atoms with van der Waals surface area (Å²) in [7, 11) is 0. The molecule has 27 heavy (non-hydrogen) atoms. The van der Waals surface area contributed by atoms with Crippen molar-refractivity contribution in [3.05, 3.63) is 65.5 Å². The Labute approximate surface area is 164 Å². The monoisotopic (exact) mass is 387 g/mol. The summed E-state index contributed by atoms with van der Waals surface area (Å²) in [5.74, 6) is 0.977. The van der Waals surface area contributed by atoms with Crippen molar-refractivity contribution in [3.8, 4) is 5.75 Å². The summed E-state index contributed by atoms with van der Waals surface area (Å²) >= 11 is 1.40. The first-order valence-corrected chi connectivity index (χ1v) is 10.1. The fraction of sp³-hybridized carbons (Fsp3) is 0.333. The SMILES string of the molecule is CCCCCCOc1ccc(F)cc1C=NN=C(N)SCc1ccccc1. The Morgan fingerprint density at radius 3 is 2.74 bits per heavy atom. The van der Waals surface area contributed by atoms with E-state index in [9.17, 15) is 4.39 Å². The van der Waals surface area contributed by atoms with Gasteiger partial charge in [-0.15, -0.1) is 5.10 Å². The van der Waals surface area contributed by atoms with Crippen molar-refractivity contribution in [2.45, 2.75) is 38.4 Å². The van der Waals surface area contributed by atoms with Crippen LogP contribution in [0.4, 0.5) is 4.39 Å². The number of rotatable bonds is 10. The molecule has 0 amide bonds. The molecule has 0 fully saturated rings. The largest absolute Gasteiger partial charge is 0.493 e. The lowest BCUT2D eigenvalue weighted by molar-refractivity contribution is 0.304. The summed E-state index contributed by atoms with van der Waals surface area (Å²) in [6, 6.07) is 14.4. The molecule has 0 aromatic heterocycles. The van der Waals surface area contributed by atoms with Gasteiger partial charge in [0.1, 0.15) is 11.6 Å². The van der Waals surface area contributed by atoms with E-state index in [0.29, 0.717) is 23.1 Å². The van der Waals surface area contributed by atoms with Crippen LogP contribution in [0.1, 0.15) is 43.7 Å². The molecule has 144 valence electrons. The van der Waals surface area contributed by atoms with Crippen molar-refractivity contribution in [2.24, 2.45) is 15.9 Å². The van der Waals surface area contributed by atoms with Gasteiger partial charge in [0.2, 0.25) is 0 Å². The highest BCUT2D eigenvalue weighted by atomic mass is 32.2. The van der Waals surface area contributed by atoms with E-state index in [1.54, 1.807) is 6.07 Å². The number of nitrogens with zero attached hydrogens (tertiary/aromatic N) is 2. The summed E-state index contributed by atoms with van der Waals surface area (Å²) in [6.45, 7) is 2.77. The molecule has 0 aliphatic carbocycles. The predicted octanol–water partition coefficient (Wildman–Crippen LogP) is 5.37. The van der Waals surface area contributed by atoms with Crippen LogP contribution in [0.3, 0.4) is 0 Å². The van der Waals surface area contributed by atoms with E-state index < -0.39 is 0 Å². The second-order valence-electron chi connectivity index (χ2n) is 6.05. The number of nitrogens with two attached hydrogens (primary N) is 1. The lowest BCUT2D eigenvalue weighted by Gasteiger charge is -2.08. The van der Waals surface area contributed by atoms with Gasteiger partial charge in [-0.05, 0) is 30.2 Å². The Morgan fingerprint density at radius 1 is 1.15 bits per heavy atom. The van der Waals surface area contributed by atoms with Crippen molar-refractivity contribution in [2.75, 3.05) is 6.61 Å². The molecule has 2 rings (SSSR count). The summed E-state index contributed by atoms with van der Waals surface area (Å²) < 4.78 is 19.3. The summed E-state index contributed by atoms with van der Waals surface area (Å²) in [5, 5.41) is 8.31. The fourth-order valence-electron chi connectivity index (χ4n) is 2.37. The van der Waals surface area contributed by atoms with Crippen LogP contribution < -0.4 is 10.5 Å². The van der Waals surface area contributed by atoms with Crippen LogP contribution in [-0.4, -0.2) is 18.0 Å². The summed E-state index contributed by atoms with van der Waals surface area (Å²) in [4.78, 5) is 0. The highest BCUT2D eigenvalue weighted by molar-refractivity contribution is 8.13. The Morgan fingerprint density at radius 2 is 1.96 bits per heavy atom. The maximum absolute atomic E-state index is 13.5. The van der Waals surface area contributed by atoms with E-state index in [0.717, 1.165) is 24.2 Å². The Balaban J connectivity index is 1.91. The molecule has 0 saturated heterocycles. The number of hydrogen-bond donors (Lipinski definition) is 1. The molecule has 0 atom stereocenters. The smallest absolute Gasteiger partial charge is 0.180 e. The molecule has 2 aromatic rings. The third-order valence-electron chi connectivity index (χ3n) is 3.81. The Hall–Kier alpha value is -2.34. The maximum Gasteiger partial charge on any atom is 0.180 e. The highest BCUT2D eigenvalue weighted by Gasteiger charge is 2.04. The number of halogens is 1. The number of ether oxygens (including phenoxy) is 1. The maximum atomic E-state index is 13.5. The predicted molar refractivity (Wildman–Crippen MR) is 113 cm³/mol. The molecule has 2 N–H and O–H groups in total. The topological polar surface area (TPSA) is 60.0 Å². The quantitative estimate of drug-likeness (QED) is 0.258. The molecule has 6 heteroatoms. The molecular weight excluding hydrogens is 361 g/mol. The standard InChI is InChI=1S/C21H26FN3OS/c1-2-3-4-8-13-26-20-12-11-19(22)14-18(20)15-24-25-21(23)27-16-17-9-6-5-7-10-17/h5-7,9-12,14-15H,2-4,8,13,16H2,1H3,(H2,23,25). The van der Waals surface area contributed by atoms with E-state index in [-0.39, 0.29) is 5.82 Å². The Bertz CT molecular complexity index is 750. The van der Waals surface area contributed by atoms with Gasteiger partial charge in [-0.2, -0.15) is 5.10 Å². The molecule has 4 nitrogen and oxygen atoms in total. The third kappa shape index (κ3) is 8.26. The lowest BCUT2D eigenvalue weighted by atomic mass is 10.2. The van der Waals surface area contributed by atoms with Crippen molar-refractivity contribution < 1.29 is 9.13 Å². The minimum atomic E-state index is -0.342. The van der Waals surface area contributed by atoms with Crippen LogP contribution in [0.15, 0.2) is 58.7 Å². The second-order valence-corrected chi connectivity index (χ2v) is 7.04. The van der Waals surface area contributed by atoms with Crippen molar-refractivity contribution in [1.29, 1.82) is 0 Å². The van der Waals surface area contributed by atoms with Gasteiger partial charge < -0.3 is 10.5 Å². The Kier molecular flexibility index (Phi) is 9.41. The van der Waals surface area contributed by atoms with Crippen LogP contribution in [0.2, 0.25) is 0 Å². The summed E-state index contributed by atoms with van der Waals surface area (Å²) in [6.07, 6.45) is 5.94.